The number of nitrogens with two attached hydrogens (primary N) is 1. The van der Waals surface area contributed by atoms with Gasteiger partial charge in [0, 0.05) is 55.5 Å². The Morgan fingerprint density at radius 3 is 2.64 bits per heavy atom. The van der Waals surface area contributed by atoms with Crippen molar-refractivity contribution in [2.45, 2.75) is 19.3 Å². The second kappa shape index (κ2) is 11.3. The summed E-state index contributed by atoms with van der Waals surface area (Å²) in [5.74, 6) is 0.429. The van der Waals surface area contributed by atoms with Crippen LogP contribution in [0, 0.1) is 11.3 Å². The van der Waals surface area contributed by atoms with Crippen molar-refractivity contribution in [2.24, 2.45) is 11.7 Å². The van der Waals surface area contributed by atoms with E-state index in [0.717, 1.165) is 37.2 Å². The monoisotopic (exact) mass is 473 g/mol. The molecule has 2 aromatic rings. The Balaban J connectivity index is 1.48. The van der Waals surface area contributed by atoms with Crippen molar-refractivity contribution in [1.82, 2.24) is 10.3 Å². The number of amides is 1. The molecule has 0 radical (unpaired) electrons. The van der Waals surface area contributed by atoms with E-state index in [0.29, 0.717) is 24.3 Å². The normalized spacial score (nSPS) is 16.1. The zero-order chi connectivity index (χ0) is 23.8. The van der Waals surface area contributed by atoms with Gasteiger partial charge in [-0.15, -0.1) is 0 Å². The highest BCUT2D eigenvalue weighted by atomic mass is 31.2. The largest absolute Gasteiger partial charge is 0.491 e. The number of aromatic nitrogens is 1. The first-order valence-corrected chi connectivity index (χ1v) is 13.3. The van der Waals surface area contributed by atoms with Gasteiger partial charge in [0.05, 0.1) is 6.54 Å². The lowest BCUT2D eigenvalue weighted by atomic mass is 9.95. The molecule has 3 rings (SSSR count). The molecule has 1 aromatic heterocycles. The quantitative estimate of drug-likeness (QED) is 0.179. The summed E-state index contributed by atoms with van der Waals surface area (Å²) in [6, 6.07) is 9.08. The molecule has 178 valence electrons. The average Bonchev–Trinajstić information content (AvgIpc) is 2.80. The number of amidine groups is 1. The van der Waals surface area contributed by atoms with Gasteiger partial charge in [-0.1, -0.05) is 12.1 Å². The summed E-state index contributed by atoms with van der Waals surface area (Å²) in [7, 11) is -3.15. The van der Waals surface area contributed by atoms with Gasteiger partial charge in [-0.05, 0) is 43.0 Å². The third-order valence-electron chi connectivity index (χ3n) is 5.73. The highest BCUT2D eigenvalue weighted by molar-refractivity contribution is 7.57. The van der Waals surface area contributed by atoms with Crippen molar-refractivity contribution in [2.75, 3.05) is 44.0 Å². The maximum atomic E-state index is 12.6. The Morgan fingerprint density at radius 2 is 2.00 bits per heavy atom. The van der Waals surface area contributed by atoms with Gasteiger partial charge < -0.3 is 25.6 Å². The summed E-state index contributed by atoms with van der Waals surface area (Å²) in [6.45, 7) is 3.57. The number of nitrogens with one attached hydrogen (secondary N) is 2. The Morgan fingerprint density at radius 1 is 1.30 bits per heavy atom. The summed E-state index contributed by atoms with van der Waals surface area (Å²) in [6.07, 6.45) is 5.64. The van der Waals surface area contributed by atoms with Crippen molar-refractivity contribution >= 4 is 24.8 Å². The van der Waals surface area contributed by atoms with Crippen LogP contribution in [0.3, 0.4) is 0 Å². The summed E-state index contributed by atoms with van der Waals surface area (Å²) in [5, 5.41) is 10.6. The number of anilines is 1. The Kier molecular flexibility index (Phi) is 8.47. The second-order valence-corrected chi connectivity index (χ2v) is 10.9. The van der Waals surface area contributed by atoms with Crippen LogP contribution in [0.2, 0.25) is 0 Å². The minimum absolute atomic E-state index is 0.0251. The number of ether oxygens (including phenoxy) is 1. The van der Waals surface area contributed by atoms with E-state index in [9.17, 15) is 14.3 Å². The van der Waals surface area contributed by atoms with Crippen LogP contribution in [0.5, 0.6) is 5.75 Å². The first-order valence-electron chi connectivity index (χ1n) is 11.0. The first kappa shape index (κ1) is 24.7. The van der Waals surface area contributed by atoms with Gasteiger partial charge in [-0.2, -0.15) is 0 Å². The van der Waals surface area contributed by atoms with E-state index in [1.807, 2.05) is 12.1 Å². The average molecular weight is 474 g/mol. The Bertz CT molecular complexity index is 1000. The predicted molar refractivity (Wildman–Crippen MR) is 129 cm³/mol. The molecule has 1 amide bonds. The fourth-order valence-corrected chi connectivity index (χ4v) is 4.48. The molecule has 0 spiro atoms. The van der Waals surface area contributed by atoms with Crippen LogP contribution in [0.1, 0.15) is 24.0 Å². The van der Waals surface area contributed by atoms with Crippen LogP contribution in [0.15, 0.2) is 42.7 Å². The molecule has 0 aliphatic carbocycles. The highest BCUT2D eigenvalue weighted by Crippen LogP contribution is 2.36. The SMILES string of the molecule is CP(=O)(O)CCc1ccc(C(=N)N)cc1OCCNC(=O)C1CCN(c2ccncc2)CC1. The third kappa shape index (κ3) is 7.58. The fraction of sp³-hybridized carbons (Fsp3) is 0.435. The molecule has 5 N–H and O–H groups in total. The van der Waals surface area contributed by atoms with Crippen LogP contribution in [0.25, 0.3) is 0 Å². The summed E-state index contributed by atoms with van der Waals surface area (Å²) in [5.41, 5.74) is 7.99. The molecule has 1 fully saturated rings. The number of carbonyl (C=O) groups excluding carboxylic acids is 1. The predicted octanol–water partition coefficient (Wildman–Crippen LogP) is 2.22. The van der Waals surface area contributed by atoms with Gasteiger partial charge >= 0.3 is 0 Å². The van der Waals surface area contributed by atoms with Gasteiger partial charge in [-0.3, -0.25) is 19.8 Å². The third-order valence-corrected chi connectivity index (χ3v) is 6.78. The number of pyridine rings is 1. The minimum atomic E-state index is -3.15. The van der Waals surface area contributed by atoms with Gasteiger partial charge in [0.15, 0.2) is 7.37 Å². The molecule has 1 atom stereocenters. The van der Waals surface area contributed by atoms with Crippen molar-refractivity contribution in [3.05, 3.63) is 53.9 Å². The van der Waals surface area contributed by atoms with E-state index in [1.54, 1.807) is 30.6 Å². The molecule has 33 heavy (non-hydrogen) atoms. The molecule has 2 heterocycles. The second-order valence-electron chi connectivity index (χ2n) is 8.37. The van der Waals surface area contributed by atoms with Crippen LogP contribution >= 0.6 is 7.37 Å². The van der Waals surface area contributed by atoms with Crippen molar-refractivity contribution in [3.63, 3.8) is 0 Å². The van der Waals surface area contributed by atoms with Crippen LogP contribution in [-0.4, -0.2) is 60.7 Å². The molecule has 10 heteroatoms. The molecule has 1 aliphatic heterocycles. The molecule has 1 aromatic carbocycles. The van der Waals surface area contributed by atoms with Gasteiger partial charge in [0.1, 0.15) is 18.2 Å². The zero-order valence-electron chi connectivity index (χ0n) is 18.9. The lowest BCUT2D eigenvalue weighted by Gasteiger charge is -2.32. The Labute approximate surface area is 194 Å². The van der Waals surface area contributed by atoms with Gasteiger partial charge in [0.25, 0.3) is 0 Å². The van der Waals surface area contributed by atoms with E-state index in [-0.39, 0.29) is 30.4 Å². The maximum absolute atomic E-state index is 12.6. The number of nitrogen functional groups attached to an aromatic ring is 1. The summed E-state index contributed by atoms with van der Waals surface area (Å²) < 4.78 is 17.5. The molecule has 1 saturated heterocycles. The first-order chi connectivity index (χ1) is 15.7. The molecule has 0 saturated carbocycles. The number of nitrogens with zero attached hydrogens (tertiary/aromatic N) is 2. The minimum Gasteiger partial charge on any atom is -0.491 e. The summed E-state index contributed by atoms with van der Waals surface area (Å²) >= 11 is 0. The topological polar surface area (TPSA) is 142 Å². The number of rotatable bonds is 10. The van der Waals surface area contributed by atoms with Crippen molar-refractivity contribution in [3.8, 4) is 5.75 Å². The van der Waals surface area contributed by atoms with Crippen molar-refractivity contribution < 1.29 is 19.0 Å². The van der Waals surface area contributed by atoms with E-state index < -0.39 is 7.37 Å². The number of hydrogen-bond acceptors (Lipinski definition) is 6. The molecule has 0 bridgehead atoms. The lowest BCUT2D eigenvalue weighted by Crippen LogP contribution is -2.41. The molecular formula is C23H32N5O4P. The van der Waals surface area contributed by atoms with Crippen LogP contribution < -0.4 is 20.7 Å². The lowest BCUT2D eigenvalue weighted by molar-refractivity contribution is -0.125. The van der Waals surface area contributed by atoms with E-state index in [2.05, 4.69) is 15.2 Å². The number of hydrogen-bond donors (Lipinski definition) is 4. The number of piperidine rings is 1. The summed E-state index contributed by atoms with van der Waals surface area (Å²) in [4.78, 5) is 28.5. The van der Waals surface area contributed by atoms with Crippen molar-refractivity contribution in [1.29, 1.82) is 5.41 Å². The maximum Gasteiger partial charge on any atom is 0.223 e. The molecule has 1 aliphatic rings. The zero-order valence-corrected chi connectivity index (χ0v) is 19.8. The number of aryl methyl sites for hydroxylation is 1. The number of benzene rings is 1. The van der Waals surface area contributed by atoms with Gasteiger partial charge in [-0.25, -0.2) is 0 Å². The van der Waals surface area contributed by atoms with E-state index in [4.69, 9.17) is 15.9 Å². The number of carbonyl (C=O) groups is 1. The van der Waals surface area contributed by atoms with Crippen LogP contribution in [0.4, 0.5) is 5.69 Å². The molecular weight excluding hydrogens is 441 g/mol. The van der Waals surface area contributed by atoms with Crippen LogP contribution in [-0.2, 0) is 15.8 Å². The smallest absolute Gasteiger partial charge is 0.223 e. The molecule has 9 nitrogen and oxygen atoms in total. The standard InChI is InChI=1S/C23H32N5O4P/c1-33(30,31)15-8-17-2-3-19(22(24)25)16-21(17)32-14-11-27-23(29)18-6-12-28(13-7-18)20-4-9-26-10-5-20/h2-5,9-10,16,18H,6-8,11-15H2,1H3,(H3,24,25)(H,27,29)(H,30,31). The Hall–Kier alpha value is -2.90. The highest BCUT2D eigenvalue weighted by Gasteiger charge is 2.25. The van der Waals surface area contributed by atoms with Gasteiger partial charge in [0.2, 0.25) is 5.91 Å². The molecule has 1 unspecified atom stereocenters. The van der Waals surface area contributed by atoms with E-state index >= 15 is 0 Å². The van der Waals surface area contributed by atoms with E-state index in [1.165, 1.54) is 6.66 Å². The fourth-order valence-electron chi connectivity index (χ4n) is 3.83.